The maximum Gasteiger partial charge on any atom is 0.302 e. The van der Waals surface area contributed by atoms with Crippen LogP contribution in [0.5, 0.6) is 0 Å². The number of aryl methyl sites for hydroxylation is 1. The maximum atomic E-state index is 11.5. The fourth-order valence-corrected chi connectivity index (χ4v) is 4.71. The number of nitrogens with one attached hydrogen (secondary N) is 1. The predicted octanol–water partition coefficient (Wildman–Crippen LogP) is 1.52. The van der Waals surface area contributed by atoms with Gasteiger partial charge in [-0.2, -0.15) is 10.1 Å². The Bertz CT molecular complexity index is 1250. The molecule has 3 aromatic rings. The van der Waals surface area contributed by atoms with Crippen LogP contribution in [0.15, 0.2) is 36.7 Å². The number of fused-ring (bicyclic) bond motifs is 1. The summed E-state index contributed by atoms with van der Waals surface area (Å²) in [5, 5.41) is 8.12. The van der Waals surface area contributed by atoms with E-state index >= 15 is 0 Å². The predicted molar refractivity (Wildman–Crippen MR) is 122 cm³/mol. The molecule has 0 amide bonds. The second-order valence-electron chi connectivity index (χ2n) is 7.21. The van der Waals surface area contributed by atoms with Gasteiger partial charge in [0.25, 0.3) is 0 Å². The number of unbranched alkanes of at least 4 members (excludes halogenated alkanes) is 1. The number of esters is 1. The molecule has 0 saturated carbocycles. The molecule has 2 aromatic heterocycles. The first-order chi connectivity index (χ1) is 15.6. The highest BCUT2D eigenvalue weighted by Crippen LogP contribution is 2.22. The molecule has 0 radical (unpaired) electrons. The molecule has 0 fully saturated rings. The SMILES string of the molecule is CC(=O)OCCCCn1ncc2cnc(Nc3ccc(N(CS(C)(=O)=O)S(=O)[O-])cc3)nc21. The van der Waals surface area contributed by atoms with Crippen LogP contribution < -0.4 is 9.62 Å². The van der Waals surface area contributed by atoms with Crippen molar-refractivity contribution in [2.24, 2.45) is 0 Å². The van der Waals surface area contributed by atoms with Gasteiger partial charge in [0.15, 0.2) is 15.5 Å². The van der Waals surface area contributed by atoms with E-state index in [4.69, 9.17) is 4.74 Å². The summed E-state index contributed by atoms with van der Waals surface area (Å²) in [5.41, 5.74) is 1.43. The van der Waals surface area contributed by atoms with Gasteiger partial charge < -0.3 is 14.6 Å². The third-order valence-corrected chi connectivity index (χ3v) is 5.98. The number of sulfone groups is 1. The lowest BCUT2D eigenvalue weighted by Crippen LogP contribution is -2.30. The van der Waals surface area contributed by atoms with Crippen LogP contribution in [0.3, 0.4) is 0 Å². The smallest absolute Gasteiger partial charge is 0.302 e. The van der Waals surface area contributed by atoms with E-state index in [0.717, 1.165) is 22.4 Å². The topological polar surface area (TPSA) is 159 Å². The number of carbonyl (C=O) groups is 1. The second kappa shape index (κ2) is 10.7. The van der Waals surface area contributed by atoms with Crippen molar-refractivity contribution in [3.8, 4) is 0 Å². The molecule has 1 aromatic carbocycles. The highest BCUT2D eigenvalue weighted by atomic mass is 32.2. The molecule has 178 valence electrons. The van der Waals surface area contributed by atoms with Crippen molar-refractivity contribution in [2.45, 2.75) is 26.3 Å². The number of nitrogens with zero attached hydrogens (tertiary/aromatic N) is 5. The van der Waals surface area contributed by atoms with E-state index in [-0.39, 0.29) is 11.7 Å². The van der Waals surface area contributed by atoms with Gasteiger partial charge in [0.1, 0.15) is 5.88 Å². The molecular weight excluding hydrogens is 472 g/mol. The summed E-state index contributed by atoms with van der Waals surface area (Å²) in [6.45, 7) is 2.32. The Morgan fingerprint density at radius 1 is 1.24 bits per heavy atom. The lowest BCUT2D eigenvalue weighted by atomic mass is 10.3. The summed E-state index contributed by atoms with van der Waals surface area (Å²) < 4.78 is 53.2. The molecule has 1 N–H and O–H groups in total. The standard InChI is InChI=1S/C19H24N6O6S2/c1-14(26)31-10-4-3-9-24-18-15(12-21-24)11-20-19(23-18)22-16-5-7-17(8-6-16)25(32(27)28)13-33(2,29)30/h5-8,11-12H,3-4,9-10,13H2,1-2H3,(H,27,28)(H,20,22,23)/p-1. The molecular formula is C19H23N6O6S2-. The fraction of sp³-hybridized carbons (Fsp3) is 0.368. The van der Waals surface area contributed by atoms with E-state index < -0.39 is 27.0 Å². The van der Waals surface area contributed by atoms with Crippen molar-refractivity contribution in [1.29, 1.82) is 0 Å². The third-order valence-electron chi connectivity index (χ3n) is 4.39. The van der Waals surface area contributed by atoms with Crippen LogP contribution in [-0.2, 0) is 37.2 Å². The van der Waals surface area contributed by atoms with Crippen molar-refractivity contribution < 1.29 is 26.7 Å². The number of aromatic nitrogens is 4. The first-order valence-corrected chi connectivity index (χ1v) is 13.0. The minimum Gasteiger partial charge on any atom is -0.755 e. The Labute approximate surface area is 193 Å². The van der Waals surface area contributed by atoms with Crippen molar-refractivity contribution >= 4 is 55.4 Å². The van der Waals surface area contributed by atoms with Gasteiger partial charge in [-0.3, -0.25) is 13.3 Å². The fourth-order valence-electron chi connectivity index (χ4n) is 2.93. The molecule has 2 heterocycles. The number of hydrogen-bond acceptors (Lipinski definition) is 10. The van der Waals surface area contributed by atoms with Gasteiger partial charge in [0.2, 0.25) is 5.95 Å². The summed E-state index contributed by atoms with van der Waals surface area (Å²) in [7, 11) is -3.54. The highest BCUT2D eigenvalue weighted by molar-refractivity contribution is 7.92. The van der Waals surface area contributed by atoms with Crippen molar-refractivity contribution in [2.75, 3.05) is 28.4 Å². The average Bonchev–Trinajstić information content (AvgIpc) is 3.14. The van der Waals surface area contributed by atoms with Gasteiger partial charge >= 0.3 is 5.97 Å². The van der Waals surface area contributed by atoms with Crippen molar-refractivity contribution in [3.05, 3.63) is 36.7 Å². The largest absolute Gasteiger partial charge is 0.755 e. The van der Waals surface area contributed by atoms with Crippen LogP contribution in [0.4, 0.5) is 17.3 Å². The molecule has 0 bridgehead atoms. The molecule has 0 spiro atoms. The Morgan fingerprint density at radius 3 is 2.61 bits per heavy atom. The van der Waals surface area contributed by atoms with Gasteiger partial charge in [0.05, 0.1) is 18.2 Å². The lowest BCUT2D eigenvalue weighted by molar-refractivity contribution is -0.141. The molecule has 0 aliphatic carbocycles. The number of benzene rings is 1. The molecule has 0 aliphatic heterocycles. The molecule has 0 saturated heterocycles. The van der Waals surface area contributed by atoms with E-state index in [9.17, 15) is 22.0 Å². The van der Waals surface area contributed by atoms with Crippen LogP contribution in [0, 0.1) is 0 Å². The molecule has 0 aliphatic rings. The van der Waals surface area contributed by atoms with Gasteiger partial charge in [0, 0.05) is 48.6 Å². The number of hydrogen-bond donors (Lipinski definition) is 1. The van der Waals surface area contributed by atoms with Crippen LogP contribution >= 0.6 is 0 Å². The Morgan fingerprint density at radius 2 is 1.97 bits per heavy atom. The van der Waals surface area contributed by atoms with Gasteiger partial charge in [-0.05, 0) is 37.1 Å². The first-order valence-electron chi connectivity index (χ1n) is 9.86. The van der Waals surface area contributed by atoms with Gasteiger partial charge in [-0.15, -0.1) is 0 Å². The highest BCUT2D eigenvalue weighted by Gasteiger charge is 2.14. The molecule has 33 heavy (non-hydrogen) atoms. The molecule has 14 heteroatoms. The maximum absolute atomic E-state index is 11.5. The zero-order valence-corrected chi connectivity index (χ0v) is 19.6. The van der Waals surface area contributed by atoms with E-state index in [2.05, 4.69) is 20.4 Å². The Kier molecular flexibility index (Phi) is 7.94. The van der Waals surface area contributed by atoms with Crippen LogP contribution in [0.2, 0.25) is 0 Å². The zero-order chi connectivity index (χ0) is 24.0. The van der Waals surface area contributed by atoms with E-state index in [1.165, 1.54) is 19.1 Å². The Hall–Kier alpha value is -3.10. The summed E-state index contributed by atoms with van der Waals surface area (Å²) in [6.07, 6.45) is 5.72. The third kappa shape index (κ3) is 7.20. The van der Waals surface area contributed by atoms with Crippen LogP contribution in [0.1, 0.15) is 19.8 Å². The zero-order valence-electron chi connectivity index (χ0n) is 18.0. The van der Waals surface area contributed by atoms with Crippen molar-refractivity contribution in [3.63, 3.8) is 0 Å². The summed E-state index contributed by atoms with van der Waals surface area (Å²) in [4.78, 5) is 19.6. The van der Waals surface area contributed by atoms with Gasteiger partial charge in [-0.25, -0.2) is 18.1 Å². The summed E-state index contributed by atoms with van der Waals surface area (Å²) >= 11 is -2.74. The number of carbonyl (C=O) groups excluding carboxylic acids is 1. The molecule has 3 rings (SSSR count). The van der Waals surface area contributed by atoms with E-state index in [1.54, 1.807) is 29.2 Å². The quantitative estimate of drug-likeness (QED) is 0.235. The van der Waals surface area contributed by atoms with Crippen LogP contribution in [0.25, 0.3) is 11.0 Å². The van der Waals surface area contributed by atoms with Crippen LogP contribution in [-0.4, -0.2) is 61.6 Å². The van der Waals surface area contributed by atoms with E-state index in [0.29, 0.717) is 36.9 Å². The minimum absolute atomic E-state index is 0.211. The normalized spacial score (nSPS) is 12.5. The second-order valence-corrected chi connectivity index (χ2v) is 10.2. The number of rotatable bonds is 11. The summed E-state index contributed by atoms with van der Waals surface area (Å²) in [5.74, 6) is -0.640. The molecule has 1 unspecified atom stereocenters. The minimum atomic E-state index is -3.54. The average molecular weight is 496 g/mol. The van der Waals surface area contributed by atoms with Crippen molar-refractivity contribution in [1.82, 2.24) is 19.7 Å². The lowest BCUT2D eigenvalue weighted by Gasteiger charge is -2.25. The molecule has 1 atom stereocenters. The van der Waals surface area contributed by atoms with Gasteiger partial charge in [-0.1, -0.05) is 0 Å². The number of anilines is 3. The Balaban J connectivity index is 1.69. The monoisotopic (exact) mass is 495 g/mol. The summed E-state index contributed by atoms with van der Waals surface area (Å²) in [6, 6.07) is 6.15. The number of ether oxygens (including phenoxy) is 1. The first kappa shape index (κ1) is 24.5. The molecule has 12 nitrogen and oxygen atoms in total. The van der Waals surface area contributed by atoms with E-state index in [1.807, 2.05) is 0 Å².